The number of rotatable bonds is 6. The lowest BCUT2D eigenvalue weighted by Gasteiger charge is -2.11. The van der Waals surface area contributed by atoms with Gasteiger partial charge in [0.15, 0.2) is 29.9 Å². The molecule has 0 radical (unpaired) electrons. The van der Waals surface area contributed by atoms with Crippen molar-refractivity contribution in [1.29, 1.82) is 0 Å². The molecule has 0 heterocycles. The maximum absolute atomic E-state index is 13.6. The minimum atomic E-state index is -2.28. The first-order valence-corrected chi connectivity index (χ1v) is 8.50. The van der Waals surface area contributed by atoms with Crippen LogP contribution in [0, 0.1) is 29.1 Å². The summed E-state index contributed by atoms with van der Waals surface area (Å²) in [6.45, 7) is -0.502. The maximum atomic E-state index is 13.6. The predicted octanol–water partition coefficient (Wildman–Crippen LogP) is 4.58. The van der Waals surface area contributed by atoms with Crippen LogP contribution in [0.1, 0.15) is 5.56 Å². The number of halogens is 5. The van der Waals surface area contributed by atoms with E-state index in [1.807, 2.05) is 35.8 Å². The summed E-state index contributed by atoms with van der Waals surface area (Å²) in [4.78, 5) is 11.9. The summed E-state index contributed by atoms with van der Waals surface area (Å²) in [5.41, 5.74) is 2.22. The highest BCUT2D eigenvalue weighted by Gasteiger charge is 2.24. The molecular weight excluding hydrogens is 407 g/mol. The Labute approximate surface area is 167 Å². The van der Waals surface area contributed by atoms with E-state index in [0.717, 1.165) is 11.1 Å². The van der Waals surface area contributed by atoms with Crippen LogP contribution in [0.3, 0.4) is 0 Å². The Kier molecular flexibility index (Phi) is 6.41. The van der Waals surface area contributed by atoms with Crippen LogP contribution in [-0.4, -0.2) is 18.7 Å². The highest BCUT2D eigenvalue weighted by Crippen LogP contribution is 2.29. The van der Waals surface area contributed by atoms with Crippen LogP contribution >= 0.6 is 0 Å². The number of nitrogens with one attached hydrogen (secondary N) is 1. The summed E-state index contributed by atoms with van der Waals surface area (Å²) in [6.07, 6.45) is 0.325. The molecule has 154 valence electrons. The lowest BCUT2D eigenvalue weighted by Crippen LogP contribution is -2.25. The third-order valence-corrected chi connectivity index (χ3v) is 3.96. The molecule has 3 aromatic carbocycles. The van der Waals surface area contributed by atoms with Crippen molar-refractivity contribution in [3.63, 3.8) is 0 Å². The van der Waals surface area contributed by atoms with Crippen molar-refractivity contribution < 1.29 is 31.5 Å². The van der Waals surface area contributed by atoms with Gasteiger partial charge in [-0.15, -0.1) is 0 Å². The van der Waals surface area contributed by atoms with Crippen molar-refractivity contribution in [2.75, 3.05) is 6.61 Å². The fraction of sp³-hybridized carbons (Fsp3) is 0.0476. The van der Waals surface area contributed by atoms with Crippen molar-refractivity contribution in [2.45, 2.75) is 0 Å². The van der Waals surface area contributed by atoms with Gasteiger partial charge in [-0.25, -0.2) is 27.4 Å². The predicted molar refractivity (Wildman–Crippen MR) is 99.3 cm³/mol. The van der Waals surface area contributed by atoms with Gasteiger partial charge in [-0.3, -0.25) is 4.79 Å². The molecule has 9 heteroatoms. The van der Waals surface area contributed by atoms with Gasteiger partial charge in [-0.05, 0) is 11.6 Å². The normalized spacial score (nSPS) is 11.0. The molecule has 0 spiro atoms. The van der Waals surface area contributed by atoms with E-state index in [9.17, 15) is 26.7 Å². The number of amides is 1. The number of nitrogens with zero attached hydrogens (tertiary/aromatic N) is 1. The van der Waals surface area contributed by atoms with E-state index < -0.39 is 47.2 Å². The number of benzene rings is 3. The first kappa shape index (κ1) is 21.0. The molecule has 3 aromatic rings. The van der Waals surface area contributed by atoms with E-state index in [1.165, 1.54) is 0 Å². The van der Waals surface area contributed by atoms with E-state index >= 15 is 0 Å². The molecule has 0 aliphatic rings. The first-order chi connectivity index (χ1) is 14.4. The first-order valence-electron chi connectivity index (χ1n) is 8.50. The molecule has 3 rings (SSSR count). The van der Waals surface area contributed by atoms with Gasteiger partial charge < -0.3 is 4.74 Å². The van der Waals surface area contributed by atoms with Crippen LogP contribution in [0.2, 0.25) is 0 Å². The van der Waals surface area contributed by atoms with Gasteiger partial charge in [0.25, 0.3) is 5.91 Å². The highest BCUT2D eigenvalue weighted by atomic mass is 19.2. The van der Waals surface area contributed by atoms with Gasteiger partial charge in [0.05, 0.1) is 11.8 Å². The van der Waals surface area contributed by atoms with Crippen molar-refractivity contribution in [3.8, 4) is 16.9 Å². The van der Waals surface area contributed by atoms with Gasteiger partial charge >= 0.3 is 0 Å². The van der Waals surface area contributed by atoms with Crippen molar-refractivity contribution >= 4 is 12.1 Å². The van der Waals surface area contributed by atoms with Gasteiger partial charge in [-0.1, -0.05) is 48.5 Å². The van der Waals surface area contributed by atoms with Gasteiger partial charge in [0, 0.05) is 5.56 Å². The SMILES string of the molecule is O=C(COc1ccccc1-c1ccccc1)N/N=C/c1c(F)c(F)c(F)c(F)c1F. The molecule has 0 aliphatic heterocycles. The van der Waals surface area contributed by atoms with E-state index in [-0.39, 0.29) is 0 Å². The zero-order valence-corrected chi connectivity index (χ0v) is 15.1. The Balaban J connectivity index is 1.66. The average molecular weight is 420 g/mol. The van der Waals surface area contributed by atoms with Gasteiger partial charge in [0.1, 0.15) is 5.75 Å². The van der Waals surface area contributed by atoms with Gasteiger partial charge in [0.2, 0.25) is 5.82 Å². The second-order valence-corrected chi connectivity index (χ2v) is 5.93. The molecule has 0 saturated carbocycles. The molecule has 4 nitrogen and oxygen atoms in total. The number of carbonyl (C=O) groups excluding carboxylic acids is 1. The Morgan fingerprint density at radius 3 is 2.07 bits per heavy atom. The Bertz CT molecular complexity index is 1080. The van der Waals surface area contributed by atoms with E-state index in [0.29, 0.717) is 12.0 Å². The third-order valence-electron chi connectivity index (χ3n) is 3.96. The molecule has 0 saturated heterocycles. The number of hydrogen-bond donors (Lipinski definition) is 1. The number of hydrazone groups is 1. The minimum absolute atomic E-state index is 0.325. The third kappa shape index (κ3) is 4.45. The Morgan fingerprint density at radius 2 is 1.40 bits per heavy atom. The molecule has 0 fully saturated rings. The van der Waals surface area contributed by atoms with Crippen molar-refractivity contribution in [3.05, 3.63) is 89.2 Å². The van der Waals surface area contributed by atoms with Crippen molar-refractivity contribution in [2.24, 2.45) is 5.10 Å². The molecule has 0 aliphatic carbocycles. The lowest BCUT2D eigenvalue weighted by atomic mass is 10.1. The molecular formula is C21H13F5N2O2. The zero-order chi connectivity index (χ0) is 21.7. The van der Waals surface area contributed by atoms with Crippen LogP contribution < -0.4 is 10.2 Å². The van der Waals surface area contributed by atoms with Crippen LogP contribution in [0.4, 0.5) is 22.0 Å². The zero-order valence-electron chi connectivity index (χ0n) is 15.1. The standard InChI is InChI=1S/C21H13F5N2O2/c22-17-14(18(23)20(25)21(26)19(17)24)10-27-28-16(29)11-30-15-9-5-4-8-13(15)12-6-2-1-3-7-12/h1-10H,11H2,(H,28,29)/b27-10+. The van der Waals surface area contributed by atoms with Crippen LogP contribution in [0.15, 0.2) is 59.7 Å². The van der Waals surface area contributed by atoms with E-state index in [2.05, 4.69) is 5.10 Å². The van der Waals surface area contributed by atoms with E-state index in [1.54, 1.807) is 24.3 Å². The monoisotopic (exact) mass is 420 g/mol. The summed E-state index contributed by atoms with van der Waals surface area (Å²) in [5, 5.41) is 3.23. The quantitative estimate of drug-likeness (QED) is 0.209. The molecule has 0 atom stereocenters. The number of ether oxygens (including phenoxy) is 1. The molecule has 1 amide bonds. The molecule has 1 N–H and O–H groups in total. The number of carbonyl (C=O) groups is 1. The summed E-state index contributed by atoms with van der Waals surface area (Å²) in [7, 11) is 0. The second-order valence-electron chi connectivity index (χ2n) is 5.93. The molecule has 0 bridgehead atoms. The highest BCUT2D eigenvalue weighted by molar-refractivity contribution is 5.83. The fourth-order valence-corrected chi connectivity index (χ4v) is 2.53. The summed E-state index contributed by atoms with van der Waals surface area (Å²) in [6, 6.07) is 16.2. The largest absolute Gasteiger partial charge is 0.483 e. The smallest absolute Gasteiger partial charge is 0.277 e. The number of para-hydroxylation sites is 1. The molecule has 0 unspecified atom stereocenters. The average Bonchev–Trinajstić information content (AvgIpc) is 2.78. The second kappa shape index (κ2) is 9.17. The minimum Gasteiger partial charge on any atom is -0.483 e. The van der Waals surface area contributed by atoms with Crippen LogP contribution in [-0.2, 0) is 4.79 Å². The van der Waals surface area contributed by atoms with Gasteiger partial charge in [-0.2, -0.15) is 5.10 Å². The Hall–Kier alpha value is -3.75. The Morgan fingerprint density at radius 1 is 0.833 bits per heavy atom. The molecule has 0 aromatic heterocycles. The fourth-order valence-electron chi connectivity index (χ4n) is 2.53. The van der Waals surface area contributed by atoms with Crippen LogP contribution in [0.25, 0.3) is 11.1 Å². The van der Waals surface area contributed by atoms with Crippen LogP contribution in [0.5, 0.6) is 5.75 Å². The molecule has 30 heavy (non-hydrogen) atoms. The van der Waals surface area contributed by atoms with Crippen molar-refractivity contribution in [1.82, 2.24) is 5.43 Å². The summed E-state index contributed by atoms with van der Waals surface area (Å²) in [5.74, 6) is -11.0. The maximum Gasteiger partial charge on any atom is 0.277 e. The van der Waals surface area contributed by atoms with E-state index in [4.69, 9.17) is 4.74 Å². The lowest BCUT2D eigenvalue weighted by molar-refractivity contribution is -0.123. The topological polar surface area (TPSA) is 50.7 Å². The summed E-state index contributed by atoms with van der Waals surface area (Å²) >= 11 is 0. The summed E-state index contributed by atoms with van der Waals surface area (Å²) < 4.78 is 71.9. The number of hydrogen-bond acceptors (Lipinski definition) is 3.